The molecular weight excluding hydrogens is 326 g/mol. The molecule has 0 amide bonds. The minimum absolute atomic E-state index is 0.0312. The molecule has 0 saturated heterocycles. The molecule has 0 radical (unpaired) electrons. The number of hydrogen-bond acceptors (Lipinski definition) is 3. The van der Waals surface area contributed by atoms with Crippen LogP contribution in [-0.2, 0) is 17.9 Å². The van der Waals surface area contributed by atoms with Crippen LogP contribution in [0.25, 0.3) is 0 Å². The summed E-state index contributed by atoms with van der Waals surface area (Å²) >= 11 is 0. The fourth-order valence-electron chi connectivity index (χ4n) is 2.53. The highest BCUT2D eigenvalue weighted by atomic mass is 16.5. The Morgan fingerprint density at radius 1 is 1.08 bits per heavy atom. The molecule has 1 unspecified atom stereocenters. The number of aliphatic imine (C=N–C) groups is 1. The lowest BCUT2D eigenvalue weighted by molar-refractivity contribution is 0.185. The lowest BCUT2D eigenvalue weighted by Gasteiger charge is -2.18. The summed E-state index contributed by atoms with van der Waals surface area (Å²) in [4.78, 5) is 4.26. The van der Waals surface area contributed by atoms with Gasteiger partial charge >= 0.3 is 0 Å². The van der Waals surface area contributed by atoms with Gasteiger partial charge < -0.3 is 20.1 Å². The van der Waals surface area contributed by atoms with E-state index in [-0.39, 0.29) is 6.10 Å². The van der Waals surface area contributed by atoms with Crippen molar-refractivity contribution in [3.63, 3.8) is 0 Å². The Balaban J connectivity index is 1.76. The lowest BCUT2D eigenvalue weighted by Crippen LogP contribution is -2.41. The number of aryl methyl sites for hydroxylation is 1. The summed E-state index contributed by atoms with van der Waals surface area (Å²) in [6.07, 6.45) is 0.0312. The highest BCUT2D eigenvalue weighted by molar-refractivity contribution is 5.79. The lowest BCUT2D eigenvalue weighted by atomic mass is 10.1. The summed E-state index contributed by atoms with van der Waals surface area (Å²) in [5, 5.41) is 6.62. The number of nitrogens with zero attached hydrogens (tertiary/aromatic N) is 1. The third kappa shape index (κ3) is 6.76. The van der Waals surface area contributed by atoms with E-state index < -0.39 is 0 Å². The van der Waals surface area contributed by atoms with E-state index in [0.29, 0.717) is 19.7 Å². The summed E-state index contributed by atoms with van der Waals surface area (Å²) in [5.41, 5.74) is 3.55. The standard InChI is InChI=1S/C21H29N3O2/c1-16-6-5-7-20(12-16)26-17(2)13-23-21(22-3)24-14-18-8-10-19(11-9-18)15-25-4/h5-12,17H,13-15H2,1-4H3,(H2,22,23,24). The Labute approximate surface area is 156 Å². The first-order chi connectivity index (χ1) is 12.6. The molecule has 1 atom stereocenters. The molecule has 0 aromatic heterocycles. The molecule has 2 aromatic carbocycles. The molecule has 0 aliphatic carbocycles. The molecule has 2 rings (SSSR count). The SMILES string of the molecule is CN=C(NCc1ccc(COC)cc1)NCC(C)Oc1cccc(C)c1. The molecule has 0 aliphatic rings. The van der Waals surface area contributed by atoms with Gasteiger partial charge in [0.1, 0.15) is 11.9 Å². The fraction of sp³-hybridized carbons (Fsp3) is 0.381. The van der Waals surface area contributed by atoms with Gasteiger partial charge in [-0.05, 0) is 42.7 Å². The maximum absolute atomic E-state index is 5.93. The Bertz CT molecular complexity index is 699. The van der Waals surface area contributed by atoms with Crippen molar-refractivity contribution >= 4 is 5.96 Å². The Morgan fingerprint density at radius 2 is 1.81 bits per heavy atom. The van der Waals surface area contributed by atoms with E-state index in [1.807, 2.05) is 25.1 Å². The van der Waals surface area contributed by atoms with Gasteiger partial charge in [-0.3, -0.25) is 4.99 Å². The minimum Gasteiger partial charge on any atom is -0.489 e. The van der Waals surface area contributed by atoms with E-state index in [4.69, 9.17) is 9.47 Å². The molecule has 0 saturated carbocycles. The predicted molar refractivity (Wildman–Crippen MR) is 107 cm³/mol. The van der Waals surface area contributed by atoms with Crippen molar-refractivity contribution in [3.05, 3.63) is 65.2 Å². The van der Waals surface area contributed by atoms with Crippen LogP contribution >= 0.6 is 0 Å². The molecule has 2 N–H and O–H groups in total. The van der Waals surface area contributed by atoms with Gasteiger partial charge in [0.15, 0.2) is 5.96 Å². The minimum atomic E-state index is 0.0312. The molecule has 0 spiro atoms. The van der Waals surface area contributed by atoms with E-state index in [1.165, 1.54) is 16.7 Å². The molecule has 0 aliphatic heterocycles. The van der Waals surface area contributed by atoms with Gasteiger partial charge in [0.25, 0.3) is 0 Å². The first-order valence-corrected chi connectivity index (χ1v) is 8.85. The predicted octanol–water partition coefficient (Wildman–Crippen LogP) is 3.27. The van der Waals surface area contributed by atoms with Gasteiger partial charge in [0, 0.05) is 20.7 Å². The monoisotopic (exact) mass is 355 g/mol. The van der Waals surface area contributed by atoms with Crippen LogP contribution in [-0.4, -0.2) is 32.8 Å². The van der Waals surface area contributed by atoms with Gasteiger partial charge in [-0.15, -0.1) is 0 Å². The van der Waals surface area contributed by atoms with Crippen molar-refractivity contribution in [1.82, 2.24) is 10.6 Å². The largest absolute Gasteiger partial charge is 0.489 e. The third-order valence-corrected chi connectivity index (χ3v) is 3.90. The van der Waals surface area contributed by atoms with Crippen LogP contribution in [0, 0.1) is 6.92 Å². The number of ether oxygens (including phenoxy) is 2. The van der Waals surface area contributed by atoms with Crippen LogP contribution in [0.15, 0.2) is 53.5 Å². The van der Waals surface area contributed by atoms with Gasteiger partial charge in [-0.1, -0.05) is 36.4 Å². The number of methoxy groups -OCH3 is 1. The van der Waals surface area contributed by atoms with E-state index >= 15 is 0 Å². The topological polar surface area (TPSA) is 54.9 Å². The highest BCUT2D eigenvalue weighted by Gasteiger charge is 2.06. The zero-order valence-corrected chi connectivity index (χ0v) is 16.1. The molecule has 5 heteroatoms. The second kappa shape index (κ2) is 10.5. The highest BCUT2D eigenvalue weighted by Crippen LogP contribution is 2.13. The van der Waals surface area contributed by atoms with Crippen LogP contribution in [0.5, 0.6) is 5.75 Å². The second-order valence-corrected chi connectivity index (χ2v) is 6.30. The van der Waals surface area contributed by atoms with Crippen molar-refractivity contribution in [3.8, 4) is 5.75 Å². The van der Waals surface area contributed by atoms with Crippen LogP contribution < -0.4 is 15.4 Å². The van der Waals surface area contributed by atoms with Crippen LogP contribution in [0.4, 0.5) is 0 Å². The van der Waals surface area contributed by atoms with Crippen molar-refractivity contribution in [2.45, 2.75) is 33.1 Å². The van der Waals surface area contributed by atoms with Crippen molar-refractivity contribution in [2.75, 3.05) is 20.7 Å². The first kappa shape index (κ1) is 19.8. The number of hydrogen-bond donors (Lipinski definition) is 2. The maximum Gasteiger partial charge on any atom is 0.191 e. The molecule has 2 aromatic rings. The smallest absolute Gasteiger partial charge is 0.191 e. The van der Waals surface area contributed by atoms with E-state index in [2.05, 4.69) is 52.9 Å². The zero-order chi connectivity index (χ0) is 18.8. The molecule has 0 fully saturated rings. The number of benzene rings is 2. The Hall–Kier alpha value is -2.53. The summed E-state index contributed by atoms with van der Waals surface area (Å²) in [5.74, 6) is 1.64. The zero-order valence-electron chi connectivity index (χ0n) is 16.1. The average molecular weight is 355 g/mol. The number of nitrogens with one attached hydrogen (secondary N) is 2. The summed E-state index contributed by atoms with van der Waals surface area (Å²) < 4.78 is 11.1. The number of guanidine groups is 1. The third-order valence-electron chi connectivity index (χ3n) is 3.90. The molecule has 5 nitrogen and oxygen atoms in total. The summed E-state index contributed by atoms with van der Waals surface area (Å²) in [6.45, 7) is 6.11. The van der Waals surface area contributed by atoms with Crippen LogP contribution in [0.3, 0.4) is 0 Å². The molecule has 26 heavy (non-hydrogen) atoms. The summed E-state index contributed by atoms with van der Waals surface area (Å²) in [7, 11) is 3.47. The van der Waals surface area contributed by atoms with Crippen molar-refractivity contribution in [1.29, 1.82) is 0 Å². The van der Waals surface area contributed by atoms with Gasteiger partial charge in [0.2, 0.25) is 0 Å². The first-order valence-electron chi connectivity index (χ1n) is 8.85. The van der Waals surface area contributed by atoms with E-state index in [1.54, 1.807) is 14.2 Å². The maximum atomic E-state index is 5.93. The number of rotatable bonds is 8. The normalized spacial score (nSPS) is 12.5. The summed E-state index contributed by atoms with van der Waals surface area (Å²) in [6, 6.07) is 16.4. The quantitative estimate of drug-likeness (QED) is 0.564. The van der Waals surface area contributed by atoms with Crippen molar-refractivity contribution < 1.29 is 9.47 Å². The Kier molecular flexibility index (Phi) is 7.96. The van der Waals surface area contributed by atoms with Gasteiger partial charge in [0.05, 0.1) is 13.2 Å². The van der Waals surface area contributed by atoms with E-state index in [0.717, 1.165) is 11.7 Å². The Morgan fingerprint density at radius 3 is 2.46 bits per heavy atom. The molecular formula is C21H29N3O2. The molecule has 140 valence electrons. The average Bonchev–Trinajstić information content (AvgIpc) is 2.63. The molecule has 0 bridgehead atoms. The second-order valence-electron chi connectivity index (χ2n) is 6.30. The van der Waals surface area contributed by atoms with Crippen LogP contribution in [0.1, 0.15) is 23.6 Å². The van der Waals surface area contributed by atoms with Gasteiger partial charge in [-0.25, -0.2) is 0 Å². The van der Waals surface area contributed by atoms with Gasteiger partial charge in [-0.2, -0.15) is 0 Å². The van der Waals surface area contributed by atoms with Crippen LogP contribution in [0.2, 0.25) is 0 Å². The molecule has 0 heterocycles. The fourth-order valence-corrected chi connectivity index (χ4v) is 2.53. The van der Waals surface area contributed by atoms with E-state index in [9.17, 15) is 0 Å². The van der Waals surface area contributed by atoms with Crippen molar-refractivity contribution in [2.24, 2.45) is 4.99 Å².